The fourth-order valence-corrected chi connectivity index (χ4v) is 5.43. The van der Waals surface area contributed by atoms with Gasteiger partial charge in [-0.1, -0.05) is 83.5 Å². The summed E-state index contributed by atoms with van der Waals surface area (Å²) in [6.07, 6.45) is 7.14. The summed E-state index contributed by atoms with van der Waals surface area (Å²) in [6.45, 7) is 3.93. The van der Waals surface area contributed by atoms with E-state index in [1.54, 1.807) is 17.6 Å². The lowest BCUT2D eigenvalue weighted by molar-refractivity contribution is -0.113. The van der Waals surface area contributed by atoms with Crippen LogP contribution in [0, 0.1) is 19.3 Å². The zero-order chi connectivity index (χ0) is 26.6. The average Bonchev–Trinajstić information content (AvgIpc) is 3.22. The summed E-state index contributed by atoms with van der Waals surface area (Å²) in [7, 11) is 0. The van der Waals surface area contributed by atoms with E-state index in [2.05, 4.69) is 11.2 Å². The highest BCUT2D eigenvalue weighted by Crippen LogP contribution is 2.31. The first-order chi connectivity index (χ1) is 18.5. The summed E-state index contributed by atoms with van der Waals surface area (Å²) in [5, 5.41) is 2.97. The lowest BCUT2D eigenvalue weighted by atomic mass is 9.94. The molecule has 0 radical (unpaired) electrons. The number of fused-ring (bicyclic) bond motifs is 1. The first-order valence-corrected chi connectivity index (χ1v) is 12.9. The summed E-state index contributed by atoms with van der Waals surface area (Å²) in [4.78, 5) is 32.7. The average molecular weight is 520 g/mol. The van der Waals surface area contributed by atoms with E-state index < -0.39 is 6.04 Å². The molecule has 2 heterocycles. The van der Waals surface area contributed by atoms with Crippen molar-refractivity contribution in [2.24, 2.45) is 4.99 Å². The van der Waals surface area contributed by atoms with Gasteiger partial charge in [0.05, 0.1) is 21.8 Å². The number of carbonyl (C=O) groups is 1. The molecular formula is C31H25N3O3S. The number of ether oxygens (including phenoxy) is 1. The molecule has 0 unspecified atom stereocenters. The molecule has 0 spiro atoms. The van der Waals surface area contributed by atoms with Gasteiger partial charge >= 0.3 is 0 Å². The molecule has 1 atom stereocenters. The van der Waals surface area contributed by atoms with Crippen LogP contribution in [0.3, 0.4) is 0 Å². The Morgan fingerprint density at radius 1 is 1.08 bits per heavy atom. The van der Waals surface area contributed by atoms with Gasteiger partial charge in [0.15, 0.2) is 4.80 Å². The number of amides is 1. The van der Waals surface area contributed by atoms with Crippen molar-refractivity contribution in [3.05, 3.63) is 127 Å². The van der Waals surface area contributed by atoms with Crippen molar-refractivity contribution >= 4 is 29.0 Å². The second kappa shape index (κ2) is 10.8. The van der Waals surface area contributed by atoms with Crippen molar-refractivity contribution in [3.8, 4) is 18.1 Å². The van der Waals surface area contributed by atoms with Gasteiger partial charge in [0, 0.05) is 11.3 Å². The van der Waals surface area contributed by atoms with Gasteiger partial charge < -0.3 is 10.1 Å². The van der Waals surface area contributed by atoms with Gasteiger partial charge in [0.1, 0.15) is 12.4 Å². The maximum Gasteiger partial charge on any atom is 0.271 e. The Hall–Kier alpha value is -4.67. The number of para-hydroxylation sites is 2. The number of nitrogens with one attached hydrogen (secondary N) is 1. The largest absolute Gasteiger partial charge is 0.480 e. The number of aryl methyl sites for hydroxylation is 1. The zero-order valence-electron chi connectivity index (χ0n) is 21.0. The van der Waals surface area contributed by atoms with Gasteiger partial charge in [0.25, 0.3) is 11.5 Å². The molecule has 1 N–H and O–H groups in total. The number of benzene rings is 3. The minimum atomic E-state index is -0.634. The maximum absolute atomic E-state index is 13.9. The number of hydrogen-bond acceptors (Lipinski definition) is 5. The van der Waals surface area contributed by atoms with E-state index in [0.717, 1.165) is 16.7 Å². The van der Waals surface area contributed by atoms with Crippen molar-refractivity contribution in [1.82, 2.24) is 4.57 Å². The minimum absolute atomic E-state index is 0.124. The molecule has 1 aliphatic heterocycles. The predicted molar refractivity (Wildman–Crippen MR) is 151 cm³/mol. The highest BCUT2D eigenvalue weighted by molar-refractivity contribution is 7.07. The molecule has 1 amide bonds. The van der Waals surface area contributed by atoms with Crippen LogP contribution in [-0.2, 0) is 4.79 Å². The number of hydrogen-bond donors (Lipinski definition) is 1. The lowest BCUT2D eigenvalue weighted by Gasteiger charge is -2.25. The number of aromatic nitrogens is 1. The quantitative estimate of drug-likeness (QED) is 0.388. The first kappa shape index (κ1) is 25.0. The topological polar surface area (TPSA) is 72.7 Å². The lowest BCUT2D eigenvalue weighted by Crippen LogP contribution is -2.40. The molecule has 0 fully saturated rings. The Morgan fingerprint density at radius 3 is 2.53 bits per heavy atom. The van der Waals surface area contributed by atoms with Crippen molar-refractivity contribution < 1.29 is 9.53 Å². The van der Waals surface area contributed by atoms with Gasteiger partial charge in [0.2, 0.25) is 0 Å². The molecule has 188 valence electrons. The van der Waals surface area contributed by atoms with Crippen molar-refractivity contribution in [2.45, 2.75) is 19.9 Å². The van der Waals surface area contributed by atoms with E-state index >= 15 is 0 Å². The number of allylic oxidation sites excluding steroid dienone is 1. The number of anilines is 1. The van der Waals surface area contributed by atoms with Gasteiger partial charge in [-0.2, -0.15) is 0 Å². The molecule has 1 aliphatic rings. The molecule has 0 aliphatic carbocycles. The van der Waals surface area contributed by atoms with Crippen LogP contribution >= 0.6 is 11.3 Å². The summed E-state index contributed by atoms with van der Waals surface area (Å²) in [5.74, 6) is 2.75. The van der Waals surface area contributed by atoms with Crippen LogP contribution in [0.4, 0.5) is 5.69 Å². The third-order valence-electron chi connectivity index (χ3n) is 6.21. The van der Waals surface area contributed by atoms with Crippen LogP contribution < -0.4 is 24.9 Å². The minimum Gasteiger partial charge on any atom is -0.480 e. The summed E-state index contributed by atoms with van der Waals surface area (Å²) < 4.78 is 7.76. The van der Waals surface area contributed by atoms with E-state index in [0.29, 0.717) is 32.0 Å². The molecule has 0 saturated heterocycles. The molecule has 5 rings (SSSR count). The van der Waals surface area contributed by atoms with Crippen LogP contribution in [0.1, 0.15) is 29.7 Å². The molecule has 4 aromatic rings. The maximum atomic E-state index is 13.9. The third kappa shape index (κ3) is 4.95. The van der Waals surface area contributed by atoms with E-state index in [9.17, 15) is 9.59 Å². The highest BCUT2D eigenvalue weighted by Gasteiger charge is 2.32. The Labute approximate surface area is 224 Å². The second-order valence-electron chi connectivity index (χ2n) is 8.84. The van der Waals surface area contributed by atoms with Crippen LogP contribution in [0.2, 0.25) is 0 Å². The number of terminal acetylenes is 1. The normalized spacial score (nSPS) is 14.9. The van der Waals surface area contributed by atoms with E-state index in [-0.39, 0.29) is 18.1 Å². The molecule has 0 bridgehead atoms. The molecule has 38 heavy (non-hydrogen) atoms. The van der Waals surface area contributed by atoms with Crippen molar-refractivity contribution in [2.75, 3.05) is 11.9 Å². The summed E-state index contributed by atoms with van der Waals surface area (Å²) in [5.41, 5.74) is 4.07. The number of carbonyl (C=O) groups excluding carboxylic acids is 1. The fourth-order valence-electron chi connectivity index (χ4n) is 4.39. The Balaban J connectivity index is 1.66. The van der Waals surface area contributed by atoms with Crippen molar-refractivity contribution in [3.63, 3.8) is 0 Å². The van der Waals surface area contributed by atoms with Crippen LogP contribution in [-0.4, -0.2) is 17.1 Å². The highest BCUT2D eigenvalue weighted by atomic mass is 32.1. The molecule has 7 heteroatoms. The third-order valence-corrected chi connectivity index (χ3v) is 7.19. The Morgan fingerprint density at radius 2 is 1.79 bits per heavy atom. The Bertz CT molecular complexity index is 1760. The molecular weight excluding hydrogens is 494 g/mol. The van der Waals surface area contributed by atoms with E-state index in [1.165, 1.54) is 11.3 Å². The van der Waals surface area contributed by atoms with Crippen LogP contribution in [0.25, 0.3) is 6.08 Å². The number of thiazole rings is 1. The SMILES string of the molecule is C#CCOc1ccccc1/C=c1\sc2n(c1=O)[C@H](c1ccc(C)cc1)C(C(=O)Nc1ccccc1)=C(C)N=2. The molecule has 0 saturated carbocycles. The standard InChI is InChI=1S/C31H25N3O3S/c1-4-18-37-25-13-9-8-10-23(25)19-26-30(36)34-28(22-16-14-20(2)15-17-22)27(21(3)32-31(34)38-26)29(35)33-24-11-6-5-7-12-24/h1,5-17,19,28H,18H2,2-3H3,(H,33,35)/b26-19-/t28-/m1/s1. The predicted octanol–water partition coefficient (Wildman–Crippen LogP) is 4.19. The van der Waals surface area contributed by atoms with E-state index in [1.807, 2.05) is 85.8 Å². The molecule has 6 nitrogen and oxygen atoms in total. The Kier molecular flexibility index (Phi) is 7.07. The smallest absolute Gasteiger partial charge is 0.271 e. The van der Waals surface area contributed by atoms with Gasteiger partial charge in [-0.3, -0.25) is 14.2 Å². The van der Waals surface area contributed by atoms with Gasteiger partial charge in [-0.25, -0.2) is 4.99 Å². The number of rotatable bonds is 6. The monoisotopic (exact) mass is 519 g/mol. The van der Waals surface area contributed by atoms with Crippen LogP contribution in [0.15, 0.2) is 99.9 Å². The summed E-state index contributed by atoms with van der Waals surface area (Å²) >= 11 is 1.28. The van der Waals surface area contributed by atoms with Gasteiger partial charge in [-0.15, -0.1) is 6.42 Å². The molecule has 1 aromatic heterocycles. The summed E-state index contributed by atoms with van der Waals surface area (Å²) in [6, 6.07) is 23.9. The molecule has 3 aromatic carbocycles. The van der Waals surface area contributed by atoms with Gasteiger partial charge in [-0.05, 0) is 43.7 Å². The van der Waals surface area contributed by atoms with E-state index in [4.69, 9.17) is 16.2 Å². The zero-order valence-corrected chi connectivity index (χ0v) is 21.8. The fraction of sp³-hybridized carbons (Fsp3) is 0.129. The van der Waals surface area contributed by atoms with Crippen molar-refractivity contribution in [1.29, 1.82) is 0 Å². The second-order valence-corrected chi connectivity index (χ2v) is 9.85. The van der Waals surface area contributed by atoms with Crippen LogP contribution in [0.5, 0.6) is 5.75 Å². The number of nitrogens with zero attached hydrogens (tertiary/aromatic N) is 2. The first-order valence-electron chi connectivity index (χ1n) is 12.1.